The van der Waals surface area contributed by atoms with E-state index < -0.39 is 5.82 Å². The number of aromatic nitrogens is 4. The van der Waals surface area contributed by atoms with Gasteiger partial charge >= 0.3 is 0 Å². The number of benzene rings is 1. The minimum absolute atomic E-state index is 0.0990. The molecule has 1 aliphatic heterocycles. The molecule has 1 aliphatic rings. The summed E-state index contributed by atoms with van der Waals surface area (Å²) in [5.41, 5.74) is 1.08. The van der Waals surface area contributed by atoms with Crippen LogP contribution in [0.15, 0.2) is 36.5 Å². The van der Waals surface area contributed by atoms with Crippen LogP contribution < -0.4 is 4.90 Å². The van der Waals surface area contributed by atoms with Crippen LogP contribution in [0.1, 0.15) is 35.8 Å². The van der Waals surface area contributed by atoms with E-state index in [1.54, 1.807) is 24.3 Å². The Hall–Kier alpha value is -3.16. The van der Waals surface area contributed by atoms with Gasteiger partial charge in [0.1, 0.15) is 17.2 Å². The molecule has 0 bridgehead atoms. The maximum atomic E-state index is 14.2. The van der Waals surface area contributed by atoms with E-state index in [4.69, 9.17) is 0 Å². The summed E-state index contributed by atoms with van der Waals surface area (Å²) >= 11 is 0. The molecular formula is C20H19F2N5O. The van der Waals surface area contributed by atoms with Crippen molar-refractivity contribution in [1.29, 1.82) is 0 Å². The zero-order valence-electron chi connectivity index (χ0n) is 15.4. The van der Waals surface area contributed by atoms with Crippen LogP contribution in [0.4, 0.5) is 14.6 Å². The molecule has 3 aromatic rings. The molecular weight excluding hydrogens is 364 g/mol. The Bertz CT molecular complexity index is 1030. The molecule has 0 amide bonds. The topological polar surface area (TPSA) is 63.9 Å². The van der Waals surface area contributed by atoms with Crippen LogP contribution in [0.3, 0.4) is 0 Å². The van der Waals surface area contributed by atoms with Gasteiger partial charge in [-0.1, -0.05) is 18.2 Å². The van der Waals surface area contributed by atoms with E-state index in [9.17, 15) is 13.6 Å². The smallest absolute Gasteiger partial charge is 0.183 e. The van der Waals surface area contributed by atoms with Crippen molar-refractivity contribution in [2.45, 2.75) is 26.3 Å². The Labute approximate surface area is 160 Å². The quantitative estimate of drug-likeness (QED) is 0.632. The molecule has 0 saturated carbocycles. The van der Waals surface area contributed by atoms with Crippen LogP contribution in [-0.2, 0) is 6.54 Å². The third-order valence-corrected chi connectivity index (χ3v) is 4.78. The second kappa shape index (κ2) is 7.46. The lowest BCUT2D eigenvalue weighted by atomic mass is 10.2. The number of Topliss-reactive ketones (excluding diaryl/α,β-unsaturated/α-hetero) is 1. The average Bonchev–Trinajstić information content (AvgIpc) is 3.34. The molecule has 6 nitrogen and oxygen atoms in total. The van der Waals surface area contributed by atoms with Crippen LogP contribution in [0.5, 0.6) is 0 Å². The molecule has 28 heavy (non-hydrogen) atoms. The molecule has 3 heterocycles. The second-order valence-corrected chi connectivity index (χ2v) is 6.78. The predicted octanol–water partition coefficient (Wildman–Crippen LogP) is 3.47. The molecule has 2 aromatic heterocycles. The first-order chi connectivity index (χ1) is 13.5. The van der Waals surface area contributed by atoms with Gasteiger partial charge in [-0.15, -0.1) is 0 Å². The van der Waals surface area contributed by atoms with Crippen molar-refractivity contribution in [3.05, 3.63) is 59.4 Å². The second-order valence-electron chi connectivity index (χ2n) is 6.78. The lowest BCUT2D eigenvalue weighted by Gasteiger charge is -2.16. The van der Waals surface area contributed by atoms with Gasteiger partial charge in [-0.3, -0.25) is 9.48 Å². The number of hydrogen-bond donors (Lipinski definition) is 0. The van der Waals surface area contributed by atoms with Gasteiger partial charge in [0.2, 0.25) is 0 Å². The summed E-state index contributed by atoms with van der Waals surface area (Å²) in [6.45, 7) is 3.00. The van der Waals surface area contributed by atoms with Gasteiger partial charge < -0.3 is 4.90 Å². The van der Waals surface area contributed by atoms with Crippen molar-refractivity contribution in [3.63, 3.8) is 0 Å². The number of carbonyl (C=O) groups excluding carboxylic acids is 1. The highest BCUT2D eigenvalue weighted by Gasteiger charge is 2.21. The van der Waals surface area contributed by atoms with E-state index in [-0.39, 0.29) is 29.8 Å². The Morgan fingerprint density at radius 3 is 2.61 bits per heavy atom. The maximum absolute atomic E-state index is 14.2. The number of hydrogen-bond acceptors (Lipinski definition) is 5. The summed E-state index contributed by atoms with van der Waals surface area (Å²) in [5.74, 6) is -0.586. The standard InChI is InChI=1S/C20H19F2N5O/c1-13(28)18-10-17(25-27(18)12-14-6-2-3-7-15(14)21)19-23-11-16(22)20(24-19)26-8-4-5-9-26/h2-3,6-7,10-11H,4-5,8-9,12H2,1H3. The molecule has 0 aliphatic carbocycles. The van der Waals surface area contributed by atoms with Crippen LogP contribution >= 0.6 is 0 Å². The summed E-state index contributed by atoms with van der Waals surface area (Å²) in [4.78, 5) is 22.3. The average molecular weight is 383 g/mol. The Morgan fingerprint density at radius 2 is 1.89 bits per heavy atom. The molecule has 8 heteroatoms. The molecule has 0 spiro atoms. The number of carbonyl (C=O) groups is 1. The maximum Gasteiger partial charge on any atom is 0.183 e. The molecule has 0 N–H and O–H groups in total. The van der Waals surface area contributed by atoms with Crippen LogP contribution in [0.2, 0.25) is 0 Å². The van der Waals surface area contributed by atoms with E-state index >= 15 is 0 Å². The summed E-state index contributed by atoms with van der Waals surface area (Å²) in [6, 6.07) is 7.89. The number of halogens is 2. The first-order valence-electron chi connectivity index (χ1n) is 9.13. The third-order valence-electron chi connectivity index (χ3n) is 4.78. The SMILES string of the molecule is CC(=O)c1cc(-c2ncc(F)c(N3CCCC3)n2)nn1Cc1ccccc1F. The Kier molecular flexibility index (Phi) is 4.85. The van der Waals surface area contributed by atoms with Gasteiger partial charge in [-0.2, -0.15) is 5.10 Å². The molecule has 1 aromatic carbocycles. The summed E-state index contributed by atoms with van der Waals surface area (Å²) in [7, 11) is 0. The zero-order valence-corrected chi connectivity index (χ0v) is 15.4. The fraction of sp³-hybridized carbons (Fsp3) is 0.300. The van der Waals surface area contributed by atoms with Crippen molar-refractivity contribution in [2.75, 3.05) is 18.0 Å². The van der Waals surface area contributed by atoms with E-state index in [1.807, 2.05) is 4.90 Å². The molecule has 0 atom stereocenters. The molecule has 1 fully saturated rings. The minimum atomic E-state index is -0.483. The van der Waals surface area contributed by atoms with Gasteiger partial charge in [0, 0.05) is 25.6 Å². The highest BCUT2D eigenvalue weighted by molar-refractivity contribution is 5.93. The molecule has 1 saturated heterocycles. The van der Waals surface area contributed by atoms with Crippen molar-refractivity contribution < 1.29 is 13.6 Å². The predicted molar refractivity (Wildman–Crippen MR) is 100 cm³/mol. The van der Waals surface area contributed by atoms with Gasteiger partial charge in [0.05, 0.1) is 12.7 Å². The normalized spacial score (nSPS) is 13.9. The van der Waals surface area contributed by atoms with E-state index in [1.165, 1.54) is 17.7 Å². The molecule has 144 valence electrons. The van der Waals surface area contributed by atoms with E-state index in [2.05, 4.69) is 15.1 Å². The van der Waals surface area contributed by atoms with Gasteiger partial charge in [-0.05, 0) is 25.0 Å². The Morgan fingerprint density at radius 1 is 1.14 bits per heavy atom. The fourth-order valence-corrected chi connectivity index (χ4v) is 3.35. The first kappa shape index (κ1) is 18.2. The van der Waals surface area contributed by atoms with E-state index in [0.29, 0.717) is 17.0 Å². The molecule has 0 radical (unpaired) electrons. The van der Waals surface area contributed by atoms with Crippen molar-refractivity contribution in [3.8, 4) is 11.5 Å². The van der Waals surface area contributed by atoms with Crippen molar-refractivity contribution in [2.24, 2.45) is 0 Å². The minimum Gasteiger partial charge on any atom is -0.354 e. The fourth-order valence-electron chi connectivity index (χ4n) is 3.35. The third kappa shape index (κ3) is 3.49. The first-order valence-corrected chi connectivity index (χ1v) is 9.13. The van der Waals surface area contributed by atoms with Gasteiger partial charge in [0.15, 0.2) is 23.2 Å². The van der Waals surface area contributed by atoms with Crippen LogP contribution in [0.25, 0.3) is 11.5 Å². The largest absolute Gasteiger partial charge is 0.354 e. The van der Waals surface area contributed by atoms with Crippen molar-refractivity contribution in [1.82, 2.24) is 19.7 Å². The number of nitrogens with zero attached hydrogens (tertiary/aromatic N) is 5. The molecule has 0 unspecified atom stereocenters. The number of anilines is 1. The lowest BCUT2D eigenvalue weighted by molar-refractivity contribution is 0.100. The number of ketones is 1. The number of rotatable bonds is 5. The van der Waals surface area contributed by atoms with Crippen molar-refractivity contribution >= 4 is 11.6 Å². The van der Waals surface area contributed by atoms with Gasteiger partial charge in [-0.25, -0.2) is 18.7 Å². The monoisotopic (exact) mass is 383 g/mol. The van der Waals surface area contributed by atoms with Crippen LogP contribution in [-0.4, -0.2) is 38.6 Å². The highest BCUT2D eigenvalue weighted by atomic mass is 19.1. The Balaban J connectivity index is 1.72. The van der Waals surface area contributed by atoms with E-state index in [0.717, 1.165) is 32.1 Å². The summed E-state index contributed by atoms with van der Waals surface area (Å²) in [6.07, 6.45) is 3.11. The van der Waals surface area contributed by atoms with Crippen LogP contribution in [0, 0.1) is 11.6 Å². The summed E-state index contributed by atoms with van der Waals surface area (Å²) in [5, 5.41) is 4.40. The summed E-state index contributed by atoms with van der Waals surface area (Å²) < 4.78 is 29.6. The highest BCUT2D eigenvalue weighted by Crippen LogP contribution is 2.24. The molecule has 4 rings (SSSR count). The lowest BCUT2D eigenvalue weighted by Crippen LogP contribution is -2.21. The van der Waals surface area contributed by atoms with Gasteiger partial charge in [0.25, 0.3) is 0 Å². The zero-order chi connectivity index (χ0) is 19.7.